The lowest BCUT2D eigenvalue weighted by molar-refractivity contribution is -0.138. The molecule has 1 aromatic heterocycles. The Morgan fingerprint density at radius 3 is 2.61 bits per heavy atom. The Morgan fingerprint density at radius 1 is 1.17 bits per heavy atom. The molecule has 0 radical (unpaired) electrons. The third-order valence-corrected chi connectivity index (χ3v) is 3.51. The van der Waals surface area contributed by atoms with Crippen LogP contribution in [0.25, 0.3) is 10.9 Å². The van der Waals surface area contributed by atoms with Crippen LogP contribution in [0.1, 0.15) is 17.2 Å². The first-order chi connectivity index (χ1) is 11.1. The number of rotatable bonds is 4. The van der Waals surface area contributed by atoms with Crippen LogP contribution in [-0.2, 0) is 4.79 Å². The first-order valence-electron chi connectivity index (χ1n) is 7.01. The monoisotopic (exact) mass is 310 g/mol. The van der Waals surface area contributed by atoms with E-state index in [4.69, 9.17) is 4.42 Å². The molecule has 1 atom stereocenters. The fourth-order valence-corrected chi connectivity index (χ4v) is 2.40. The maximum atomic E-state index is 12.1. The van der Waals surface area contributed by atoms with Crippen molar-refractivity contribution in [1.82, 2.24) is 4.98 Å². The van der Waals surface area contributed by atoms with E-state index in [1.165, 1.54) is 0 Å². The number of hydrogen-bond donors (Lipinski definition) is 2. The predicted octanol–water partition coefficient (Wildman–Crippen LogP) is 2.73. The maximum Gasteiger partial charge on any atom is 0.348 e. The molecule has 0 aliphatic heterocycles. The van der Waals surface area contributed by atoms with Crippen molar-refractivity contribution in [2.45, 2.75) is 13.0 Å². The zero-order valence-corrected chi connectivity index (χ0v) is 12.3. The SMILES string of the molecule is Cc1cccc2nc(N[C@H](C(=O)O)c3ccccc3)oc(=O)c12. The van der Waals surface area contributed by atoms with Crippen LogP contribution in [0.4, 0.5) is 6.01 Å². The lowest BCUT2D eigenvalue weighted by Gasteiger charge is -2.14. The van der Waals surface area contributed by atoms with E-state index >= 15 is 0 Å². The van der Waals surface area contributed by atoms with E-state index in [2.05, 4.69) is 10.3 Å². The molecule has 0 aliphatic carbocycles. The van der Waals surface area contributed by atoms with Crippen LogP contribution in [0.2, 0.25) is 0 Å². The number of anilines is 1. The van der Waals surface area contributed by atoms with Crippen LogP contribution < -0.4 is 10.9 Å². The Labute approximate surface area is 131 Å². The number of carboxylic acids is 1. The van der Waals surface area contributed by atoms with Gasteiger partial charge in [0.15, 0.2) is 6.04 Å². The van der Waals surface area contributed by atoms with Crippen LogP contribution >= 0.6 is 0 Å². The number of carbonyl (C=O) groups is 1. The van der Waals surface area contributed by atoms with Crippen molar-refractivity contribution in [3.8, 4) is 0 Å². The summed E-state index contributed by atoms with van der Waals surface area (Å²) in [6.07, 6.45) is 0. The molecule has 0 fully saturated rings. The molecule has 0 amide bonds. The van der Waals surface area contributed by atoms with Crippen molar-refractivity contribution >= 4 is 22.9 Å². The summed E-state index contributed by atoms with van der Waals surface area (Å²) >= 11 is 0. The number of fused-ring (bicyclic) bond motifs is 1. The minimum atomic E-state index is -1.09. The van der Waals surface area contributed by atoms with Crippen LogP contribution in [0.3, 0.4) is 0 Å². The molecule has 1 heterocycles. The largest absolute Gasteiger partial charge is 0.479 e. The first kappa shape index (κ1) is 14.8. The van der Waals surface area contributed by atoms with Gasteiger partial charge in [-0.25, -0.2) is 9.59 Å². The van der Waals surface area contributed by atoms with Gasteiger partial charge in [-0.1, -0.05) is 42.5 Å². The molecule has 3 aromatic rings. The van der Waals surface area contributed by atoms with Crippen molar-refractivity contribution in [2.75, 3.05) is 5.32 Å². The molecule has 116 valence electrons. The highest BCUT2D eigenvalue weighted by molar-refractivity contribution is 5.82. The summed E-state index contributed by atoms with van der Waals surface area (Å²) in [5.41, 5.74) is 1.20. The predicted molar refractivity (Wildman–Crippen MR) is 85.5 cm³/mol. The molecule has 0 aliphatic rings. The topological polar surface area (TPSA) is 92.4 Å². The highest BCUT2D eigenvalue weighted by atomic mass is 16.4. The van der Waals surface area contributed by atoms with Gasteiger partial charge in [0.25, 0.3) is 6.01 Å². The second kappa shape index (κ2) is 5.92. The molecular weight excluding hydrogens is 296 g/mol. The Bertz CT molecular complexity index is 919. The van der Waals surface area contributed by atoms with E-state index < -0.39 is 17.6 Å². The van der Waals surface area contributed by atoms with Gasteiger partial charge in [-0.15, -0.1) is 0 Å². The minimum absolute atomic E-state index is 0.121. The molecule has 0 saturated heterocycles. The molecule has 3 rings (SSSR count). The van der Waals surface area contributed by atoms with E-state index in [0.717, 1.165) is 5.56 Å². The Kier molecular flexibility index (Phi) is 3.80. The molecule has 0 spiro atoms. The lowest BCUT2D eigenvalue weighted by atomic mass is 10.1. The van der Waals surface area contributed by atoms with E-state index in [1.54, 1.807) is 55.5 Å². The maximum absolute atomic E-state index is 12.1. The smallest absolute Gasteiger partial charge is 0.348 e. The number of aryl methyl sites for hydroxylation is 1. The van der Waals surface area contributed by atoms with Gasteiger partial charge in [-0.05, 0) is 24.1 Å². The van der Waals surface area contributed by atoms with Crippen molar-refractivity contribution in [3.63, 3.8) is 0 Å². The van der Waals surface area contributed by atoms with Gasteiger partial charge in [-0.2, -0.15) is 4.98 Å². The molecule has 23 heavy (non-hydrogen) atoms. The van der Waals surface area contributed by atoms with Crippen LogP contribution in [-0.4, -0.2) is 16.1 Å². The molecule has 0 unspecified atom stereocenters. The summed E-state index contributed by atoms with van der Waals surface area (Å²) in [4.78, 5) is 27.8. The molecule has 0 bridgehead atoms. The number of nitrogens with zero attached hydrogens (tertiary/aromatic N) is 1. The summed E-state index contributed by atoms with van der Waals surface area (Å²) in [5.74, 6) is -1.09. The highest BCUT2D eigenvalue weighted by Gasteiger charge is 2.21. The van der Waals surface area contributed by atoms with Gasteiger partial charge in [0.2, 0.25) is 0 Å². The van der Waals surface area contributed by atoms with Gasteiger partial charge in [0.1, 0.15) is 0 Å². The third-order valence-electron chi connectivity index (χ3n) is 3.51. The van der Waals surface area contributed by atoms with Crippen molar-refractivity contribution < 1.29 is 14.3 Å². The quantitative estimate of drug-likeness (QED) is 0.769. The molecule has 6 nitrogen and oxygen atoms in total. The summed E-state index contributed by atoms with van der Waals surface area (Å²) < 4.78 is 5.13. The Hall–Kier alpha value is -3.15. The van der Waals surface area contributed by atoms with Gasteiger partial charge >= 0.3 is 11.6 Å². The highest BCUT2D eigenvalue weighted by Crippen LogP contribution is 2.20. The number of nitrogens with one attached hydrogen (secondary N) is 1. The number of aliphatic carboxylic acids is 1. The second-order valence-corrected chi connectivity index (χ2v) is 5.10. The Balaban J connectivity index is 2.03. The molecular formula is C17H14N2O4. The van der Waals surface area contributed by atoms with Crippen LogP contribution in [0.15, 0.2) is 57.7 Å². The summed E-state index contributed by atoms with van der Waals surface area (Å²) in [6, 6.07) is 12.7. The molecule has 2 N–H and O–H groups in total. The minimum Gasteiger partial charge on any atom is -0.479 e. The number of carboxylic acid groups (broad SMARTS) is 1. The summed E-state index contributed by atoms with van der Waals surface area (Å²) in [6.45, 7) is 1.79. The van der Waals surface area contributed by atoms with Gasteiger partial charge < -0.3 is 14.8 Å². The van der Waals surface area contributed by atoms with Crippen molar-refractivity contribution in [1.29, 1.82) is 0 Å². The van der Waals surface area contributed by atoms with Crippen LogP contribution in [0, 0.1) is 6.92 Å². The summed E-state index contributed by atoms with van der Waals surface area (Å²) in [5, 5.41) is 12.5. The van der Waals surface area contributed by atoms with Gasteiger partial charge in [0, 0.05) is 0 Å². The fraction of sp³-hybridized carbons (Fsp3) is 0.118. The Morgan fingerprint density at radius 2 is 1.91 bits per heavy atom. The van der Waals surface area contributed by atoms with Gasteiger partial charge in [0.05, 0.1) is 10.9 Å². The average Bonchev–Trinajstić information content (AvgIpc) is 2.53. The number of hydrogen-bond acceptors (Lipinski definition) is 5. The average molecular weight is 310 g/mol. The van der Waals surface area contributed by atoms with Crippen LogP contribution in [0.5, 0.6) is 0 Å². The van der Waals surface area contributed by atoms with E-state index in [-0.39, 0.29) is 6.01 Å². The summed E-state index contributed by atoms with van der Waals surface area (Å²) in [7, 11) is 0. The normalized spacial score (nSPS) is 12.0. The fourth-order valence-electron chi connectivity index (χ4n) is 2.40. The van der Waals surface area contributed by atoms with Crippen molar-refractivity contribution in [3.05, 3.63) is 70.1 Å². The second-order valence-electron chi connectivity index (χ2n) is 5.10. The zero-order valence-electron chi connectivity index (χ0n) is 12.3. The standard InChI is InChI=1S/C17H14N2O4/c1-10-6-5-9-12-13(10)16(22)23-17(18-12)19-14(15(20)21)11-7-3-2-4-8-11/h2-9,14H,1H3,(H,18,19)(H,20,21)/t14-/m0/s1. The van der Waals surface area contributed by atoms with Crippen molar-refractivity contribution in [2.24, 2.45) is 0 Å². The van der Waals surface area contributed by atoms with E-state index in [0.29, 0.717) is 16.5 Å². The zero-order chi connectivity index (χ0) is 16.4. The van der Waals surface area contributed by atoms with Gasteiger partial charge in [-0.3, -0.25) is 0 Å². The first-order valence-corrected chi connectivity index (χ1v) is 7.01. The van der Waals surface area contributed by atoms with E-state index in [1.807, 2.05) is 0 Å². The molecule has 6 heteroatoms. The number of aromatic nitrogens is 1. The number of benzene rings is 2. The lowest BCUT2D eigenvalue weighted by Crippen LogP contribution is -2.22. The molecule has 2 aromatic carbocycles. The third kappa shape index (κ3) is 2.91. The molecule has 0 saturated carbocycles. The van der Waals surface area contributed by atoms with E-state index in [9.17, 15) is 14.7 Å².